The molecule has 1 aliphatic rings. The highest BCUT2D eigenvalue weighted by molar-refractivity contribution is 7.90. The number of hydrogen-bond acceptors (Lipinski definition) is 6. The molecule has 2 N–H and O–H groups in total. The summed E-state index contributed by atoms with van der Waals surface area (Å²) in [6, 6.07) is -0.887. The van der Waals surface area contributed by atoms with E-state index < -0.39 is 18.0 Å². The summed E-state index contributed by atoms with van der Waals surface area (Å²) >= 11 is 0.357. The maximum Gasteiger partial charge on any atom is 0.338 e. The quantitative estimate of drug-likeness (QED) is 0.479. The van der Waals surface area contributed by atoms with Crippen molar-refractivity contribution in [3.05, 3.63) is 0 Å². The molecular formula is C4H5NO4S. The molecule has 0 aromatic heterocycles. The van der Waals surface area contributed by atoms with Crippen LogP contribution in [0.4, 0.5) is 0 Å². The van der Waals surface area contributed by atoms with Crippen molar-refractivity contribution < 1.29 is 18.0 Å². The monoisotopic (exact) mass is 163 g/mol. The van der Waals surface area contributed by atoms with Gasteiger partial charge in [0.05, 0.1) is 6.42 Å². The minimum absolute atomic E-state index is 0.119. The van der Waals surface area contributed by atoms with E-state index >= 15 is 0 Å². The van der Waals surface area contributed by atoms with Gasteiger partial charge in [-0.1, -0.05) is 0 Å². The normalized spacial score (nSPS) is 26.7. The van der Waals surface area contributed by atoms with Gasteiger partial charge in [0.25, 0.3) is 12.3 Å². The second kappa shape index (κ2) is 2.89. The van der Waals surface area contributed by atoms with Gasteiger partial charge in [-0.3, -0.25) is 4.79 Å². The first kappa shape index (κ1) is 7.36. The number of hydrogen-bond donors (Lipinski definition) is 1. The summed E-state index contributed by atoms with van der Waals surface area (Å²) in [5.41, 5.74) is 5.18. The molecule has 0 aliphatic carbocycles. The molecular weight excluding hydrogens is 158 g/mol. The average Bonchev–Trinajstić information content (AvgIpc) is 1.96. The van der Waals surface area contributed by atoms with Gasteiger partial charge >= 0.3 is 11.9 Å². The molecule has 0 spiro atoms. The lowest BCUT2D eigenvalue weighted by atomic mass is 10.2. The van der Waals surface area contributed by atoms with Crippen molar-refractivity contribution in [2.24, 2.45) is 5.73 Å². The number of rotatable bonds is 0. The summed E-state index contributed by atoms with van der Waals surface area (Å²) in [4.78, 5) is 21.0. The molecule has 0 saturated carbocycles. The first-order chi connectivity index (χ1) is 4.70. The highest BCUT2D eigenvalue weighted by atomic mass is 32.2. The van der Waals surface area contributed by atoms with Gasteiger partial charge in [0.1, 0.15) is 6.04 Å². The fourth-order valence-electron chi connectivity index (χ4n) is 0.447. The lowest BCUT2D eigenvalue weighted by Gasteiger charge is -1.98. The third-order valence-electron chi connectivity index (χ3n) is 0.932. The third kappa shape index (κ3) is 1.61. The predicted molar refractivity (Wildman–Crippen MR) is 32.4 cm³/mol. The topological polar surface area (TPSA) is 78.6 Å². The fraction of sp³-hybridized carbons (Fsp3) is 0.500. The zero-order chi connectivity index (χ0) is 7.56. The predicted octanol–water partition coefficient (Wildman–Crippen LogP) is -0.633. The van der Waals surface area contributed by atoms with E-state index in [2.05, 4.69) is 8.37 Å². The molecule has 0 radical (unpaired) electrons. The van der Waals surface area contributed by atoms with Gasteiger partial charge < -0.3 is 14.1 Å². The highest BCUT2D eigenvalue weighted by Gasteiger charge is 2.25. The van der Waals surface area contributed by atoms with E-state index in [0.717, 1.165) is 0 Å². The molecule has 1 unspecified atom stereocenters. The molecule has 1 heterocycles. The zero-order valence-corrected chi connectivity index (χ0v) is 5.72. The van der Waals surface area contributed by atoms with Crippen LogP contribution in [-0.2, 0) is 18.0 Å². The van der Waals surface area contributed by atoms with Crippen LogP contribution in [0.5, 0.6) is 0 Å². The molecule has 1 aliphatic heterocycles. The van der Waals surface area contributed by atoms with Crippen LogP contribution in [0.1, 0.15) is 6.42 Å². The Hall–Kier alpha value is -0.750. The minimum atomic E-state index is -0.887. The molecule has 0 aromatic rings. The van der Waals surface area contributed by atoms with Crippen LogP contribution in [0.2, 0.25) is 0 Å². The van der Waals surface area contributed by atoms with Crippen LogP contribution in [0, 0.1) is 0 Å². The summed E-state index contributed by atoms with van der Waals surface area (Å²) in [6.45, 7) is 0. The van der Waals surface area contributed by atoms with E-state index in [1.165, 1.54) is 0 Å². The van der Waals surface area contributed by atoms with Gasteiger partial charge in [0.2, 0.25) is 0 Å². The Morgan fingerprint density at radius 1 is 1.50 bits per heavy atom. The Bertz CT molecular complexity index is 171. The molecule has 56 valence electrons. The Kier molecular flexibility index (Phi) is 2.13. The Labute approximate surface area is 61.3 Å². The van der Waals surface area contributed by atoms with Crippen LogP contribution in [-0.4, -0.2) is 18.0 Å². The van der Waals surface area contributed by atoms with E-state index in [1.54, 1.807) is 0 Å². The third-order valence-corrected chi connectivity index (χ3v) is 1.42. The van der Waals surface area contributed by atoms with E-state index in [0.29, 0.717) is 12.3 Å². The summed E-state index contributed by atoms with van der Waals surface area (Å²) < 4.78 is 8.59. The Morgan fingerprint density at radius 3 is 2.90 bits per heavy atom. The summed E-state index contributed by atoms with van der Waals surface area (Å²) in [7, 11) is 0. The van der Waals surface area contributed by atoms with Gasteiger partial charge in [-0.2, -0.15) is 0 Å². The average molecular weight is 163 g/mol. The highest BCUT2D eigenvalue weighted by Crippen LogP contribution is 2.13. The lowest BCUT2D eigenvalue weighted by Crippen LogP contribution is -2.31. The van der Waals surface area contributed by atoms with E-state index in [4.69, 9.17) is 5.73 Å². The minimum Gasteiger partial charge on any atom is -0.355 e. The van der Waals surface area contributed by atoms with Gasteiger partial charge in [0.15, 0.2) is 0 Å². The van der Waals surface area contributed by atoms with Crippen molar-refractivity contribution in [1.29, 1.82) is 0 Å². The molecule has 0 bridgehead atoms. The molecule has 1 fully saturated rings. The van der Waals surface area contributed by atoms with Crippen LogP contribution < -0.4 is 5.73 Å². The molecule has 1 saturated heterocycles. The summed E-state index contributed by atoms with van der Waals surface area (Å²) in [5, 5.41) is 0. The molecule has 1 atom stereocenters. The summed E-state index contributed by atoms with van der Waals surface area (Å²) in [6.07, 6.45) is -0.119. The SMILES string of the molecule is NC1CC(=O)OSOC1=O. The maximum atomic E-state index is 10.6. The van der Waals surface area contributed by atoms with E-state index in [-0.39, 0.29) is 6.42 Å². The standard InChI is InChI=1S/C4H5NO4S/c5-2-1-3(6)8-10-9-4(2)7/h2H,1,5H2. The first-order valence-electron chi connectivity index (χ1n) is 2.53. The largest absolute Gasteiger partial charge is 0.355 e. The molecule has 10 heavy (non-hydrogen) atoms. The second-order valence-corrected chi connectivity index (χ2v) is 2.21. The van der Waals surface area contributed by atoms with Crippen molar-refractivity contribution in [2.45, 2.75) is 12.5 Å². The Morgan fingerprint density at radius 2 is 2.20 bits per heavy atom. The van der Waals surface area contributed by atoms with Crippen molar-refractivity contribution >= 4 is 24.3 Å². The molecule has 0 aromatic carbocycles. The van der Waals surface area contributed by atoms with Gasteiger partial charge in [-0.25, -0.2) is 4.79 Å². The van der Waals surface area contributed by atoms with E-state index in [9.17, 15) is 9.59 Å². The summed E-state index contributed by atoms with van der Waals surface area (Å²) in [5.74, 6) is -1.17. The smallest absolute Gasteiger partial charge is 0.338 e. The maximum absolute atomic E-state index is 10.6. The van der Waals surface area contributed by atoms with Gasteiger partial charge in [-0.15, -0.1) is 0 Å². The van der Waals surface area contributed by atoms with Crippen molar-refractivity contribution in [3.63, 3.8) is 0 Å². The van der Waals surface area contributed by atoms with Crippen LogP contribution >= 0.6 is 12.3 Å². The van der Waals surface area contributed by atoms with Gasteiger partial charge in [0, 0.05) is 0 Å². The molecule has 0 amide bonds. The molecule has 1 rings (SSSR count). The fourth-order valence-corrected chi connectivity index (χ4v) is 0.816. The molecule has 5 nitrogen and oxygen atoms in total. The number of carbonyl (C=O) groups is 2. The van der Waals surface area contributed by atoms with Gasteiger partial charge in [-0.05, 0) is 0 Å². The van der Waals surface area contributed by atoms with Crippen LogP contribution in [0.25, 0.3) is 0 Å². The van der Waals surface area contributed by atoms with Crippen LogP contribution in [0.3, 0.4) is 0 Å². The Balaban J connectivity index is 2.57. The van der Waals surface area contributed by atoms with Crippen LogP contribution in [0.15, 0.2) is 0 Å². The lowest BCUT2D eigenvalue weighted by molar-refractivity contribution is -0.137. The first-order valence-corrected chi connectivity index (χ1v) is 3.20. The number of nitrogens with two attached hydrogens (primary N) is 1. The van der Waals surface area contributed by atoms with Crippen molar-refractivity contribution in [2.75, 3.05) is 0 Å². The second-order valence-electron chi connectivity index (χ2n) is 1.74. The van der Waals surface area contributed by atoms with Crippen molar-refractivity contribution in [1.82, 2.24) is 0 Å². The van der Waals surface area contributed by atoms with E-state index in [1.807, 2.05) is 0 Å². The van der Waals surface area contributed by atoms with Crippen molar-refractivity contribution in [3.8, 4) is 0 Å². The number of carbonyl (C=O) groups excluding carboxylic acids is 2. The zero-order valence-electron chi connectivity index (χ0n) is 4.90. The molecule has 6 heteroatoms.